The van der Waals surface area contributed by atoms with Crippen molar-refractivity contribution in [3.63, 3.8) is 0 Å². The topological polar surface area (TPSA) is 103 Å². The molecule has 0 aromatic carbocycles. The number of aliphatic carboxylic acids is 1. The summed E-state index contributed by atoms with van der Waals surface area (Å²) in [5.41, 5.74) is 0.253. The van der Waals surface area contributed by atoms with Gasteiger partial charge in [0.25, 0.3) is 0 Å². The highest BCUT2D eigenvalue weighted by Crippen LogP contribution is 2.22. The second-order valence-electron chi connectivity index (χ2n) is 6.64. The van der Waals surface area contributed by atoms with Gasteiger partial charge in [-0.3, -0.25) is 9.78 Å². The van der Waals surface area contributed by atoms with E-state index in [4.69, 9.17) is 21.5 Å². The van der Waals surface area contributed by atoms with Crippen molar-refractivity contribution in [3.05, 3.63) is 29.0 Å². The lowest BCUT2D eigenvalue weighted by atomic mass is 9.93. The van der Waals surface area contributed by atoms with E-state index in [0.29, 0.717) is 37.4 Å². The molecule has 7 nitrogen and oxygen atoms in total. The number of hydrogen-bond acceptors (Lipinski definition) is 5. The second kappa shape index (κ2) is 10.0. The second-order valence-corrected chi connectivity index (χ2v) is 7.04. The van der Waals surface area contributed by atoms with Crippen LogP contribution in [0.3, 0.4) is 0 Å². The Balaban J connectivity index is 0.000000480. The molecule has 1 aliphatic rings. The molecular weight excluding hydrogens is 403 g/mol. The number of carboxylic acid groups (broad SMARTS) is 1. The van der Waals surface area contributed by atoms with Crippen molar-refractivity contribution >= 4 is 23.5 Å². The third-order valence-electron chi connectivity index (χ3n) is 4.32. The molecule has 1 amide bonds. The van der Waals surface area contributed by atoms with Gasteiger partial charge in [-0.25, -0.2) is 4.79 Å². The van der Waals surface area contributed by atoms with E-state index in [1.807, 2.05) is 17.9 Å². The highest BCUT2D eigenvalue weighted by Gasteiger charge is 2.38. The quantitative estimate of drug-likeness (QED) is 0.680. The van der Waals surface area contributed by atoms with Crippen molar-refractivity contribution in [2.45, 2.75) is 44.0 Å². The summed E-state index contributed by atoms with van der Waals surface area (Å²) < 4.78 is 31.7. The number of nitrogens with one attached hydrogen (secondary N) is 1. The molecule has 0 spiro atoms. The van der Waals surface area contributed by atoms with Crippen LogP contribution < -0.4 is 5.32 Å². The van der Waals surface area contributed by atoms with E-state index in [2.05, 4.69) is 10.3 Å². The van der Waals surface area contributed by atoms with Crippen LogP contribution in [0, 0.1) is 0 Å². The number of nitrogens with zero attached hydrogens (tertiary/aromatic N) is 2. The van der Waals surface area contributed by atoms with Gasteiger partial charge < -0.3 is 20.4 Å². The Labute approximate surface area is 165 Å². The molecule has 0 radical (unpaired) electrons. The van der Waals surface area contributed by atoms with Crippen molar-refractivity contribution in [2.24, 2.45) is 0 Å². The van der Waals surface area contributed by atoms with Gasteiger partial charge in [-0.05, 0) is 44.9 Å². The van der Waals surface area contributed by atoms with E-state index < -0.39 is 17.7 Å². The molecule has 2 rings (SSSR count). The van der Waals surface area contributed by atoms with E-state index in [9.17, 15) is 23.1 Å². The highest BCUT2D eigenvalue weighted by molar-refractivity contribution is 6.31. The van der Waals surface area contributed by atoms with Gasteiger partial charge in [0.15, 0.2) is 0 Å². The first-order chi connectivity index (χ1) is 12.9. The number of likely N-dealkylation sites (tertiary alicyclic amines) is 1. The van der Waals surface area contributed by atoms with Gasteiger partial charge in [-0.15, -0.1) is 0 Å². The summed E-state index contributed by atoms with van der Waals surface area (Å²) in [4.78, 5) is 27.2. The fraction of sp³-hybridized carbons (Fsp3) is 0.588. The molecule has 0 aliphatic carbocycles. The number of alkyl halides is 3. The summed E-state index contributed by atoms with van der Waals surface area (Å²) in [5, 5.41) is 20.7. The first kappa shape index (κ1) is 24.1. The van der Waals surface area contributed by atoms with Crippen molar-refractivity contribution in [1.29, 1.82) is 0 Å². The van der Waals surface area contributed by atoms with Crippen molar-refractivity contribution in [1.82, 2.24) is 15.2 Å². The number of carbonyl (C=O) groups is 2. The number of halogens is 4. The summed E-state index contributed by atoms with van der Waals surface area (Å²) in [6.07, 6.45) is -0.0529. The molecule has 3 N–H and O–H groups in total. The Bertz CT molecular complexity index is 676. The molecule has 1 saturated heterocycles. The van der Waals surface area contributed by atoms with Gasteiger partial charge >= 0.3 is 12.1 Å². The van der Waals surface area contributed by atoms with Crippen molar-refractivity contribution in [3.8, 4) is 0 Å². The Morgan fingerprint density at radius 2 is 1.93 bits per heavy atom. The van der Waals surface area contributed by atoms with Gasteiger partial charge in [-0.1, -0.05) is 11.6 Å². The fourth-order valence-corrected chi connectivity index (χ4v) is 2.73. The zero-order valence-electron chi connectivity index (χ0n) is 15.5. The van der Waals surface area contributed by atoms with Crippen LogP contribution in [0.2, 0.25) is 5.02 Å². The van der Waals surface area contributed by atoms with Crippen LogP contribution in [0.1, 0.15) is 25.3 Å². The number of carboxylic acids is 1. The third kappa shape index (κ3) is 7.61. The van der Waals surface area contributed by atoms with Crippen LogP contribution in [0.15, 0.2) is 18.5 Å². The molecule has 1 aromatic heterocycles. The maximum Gasteiger partial charge on any atom is 0.490 e. The van der Waals surface area contributed by atoms with Crippen LogP contribution in [0.25, 0.3) is 0 Å². The molecule has 1 aliphatic heterocycles. The summed E-state index contributed by atoms with van der Waals surface area (Å²) in [7, 11) is 1.78. The van der Waals surface area contributed by atoms with Gasteiger partial charge in [0.1, 0.15) is 0 Å². The van der Waals surface area contributed by atoms with Crippen molar-refractivity contribution < 1.29 is 33.0 Å². The van der Waals surface area contributed by atoms with Gasteiger partial charge in [0.2, 0.25) is 5.91 Å². The van der Waals surface area contributed by atoms with Crippen LogP contribution in [-0.2, 0) is 16.0 Å². The average molecular weight is 426 g/mol. The standard InChI is InChI=1S/C15H22ClN3O2.C2HF3O2/c1-15(21)4-7-19(8-5-15)14(20)13(17-2)9-11-3-6-18-10-12(11)16;3-2(4,5)1(6)7/h3,6,10,13,17,21H,4-5,7-9H2,1-2H3;(H,6,7). The number of carbonyl (C=O) groups excluding carboxylic acids is 1. The van der Waals surface area contributed by atoms with E-state index in [1.165, 1.54) is 0 Å². The number of aliphatic hydroxyl groups is 1. The average Bonchev–Trinajstić information content (AvgIpc) is 2.60. The number of hydrogen-bond donors (Lipinski definition) is 3. The molecule has 0 saturated carbocycles. The number of aromatic nitrogens is 1. The van der Waals surface area contributed by atoms with E-state index in [-0.39, 0.29) is 11.9 Å². The summed E-state index contributed by atoms with van der Waals surface area (Å²) in [6, 6.07) is 1.52. The Hall–Kier alpha value is -1.91. The highest BCUT2D eigenvalue weighted by atomic mass is 35.5. The maximum absolute atomic E-state index is 12.6. The summed E-state index contributed by atoms with van der Waals surface area (Å²) in [6.45, 7) is 3.00. The number of pyridine rings is 1. The van der Waals surface area contributed by atoms with Crippen molar-refractivity contribution in [2.75, 3.05) is 20.1 Å². The van der Waals surface area contributed by atoms with E-state index in [1.54, 1.807) is 19.4 Å². The maximum atomic E-state index is 12.6. The smallest absolute Gasteiger partial charge is 0.475 e. The number of likely N-dealkylation sites (N-methyl/N-ethyl adjacent to an activating group) is 1. The first-order valence-electron chi connectivity index (χ1n) is 8.44. The van der Waals surface area contributed by atoms with E-state index in [0.717, 1.165) is 5.56 Å². The minimum Gasteiger partial charge on any atom is -0.475 e. The summed E-state index contributed by atoms with van der Waals surface area (Å²) in [5.74, 6) is -2.70. The summed E-state index contributed by atoms with van der Waals surface area (Å²) >= 11 is 6.10. The van der Waals surface area contributed by atoms with Gasteiger partial charge in [0, 0.05) is 25.5 Å². The van der Waals surface area contributed by atoms with Gasteiger partial charge in [0.05, 0.1) is 16.7 Å². The fourth-order valence-electron chi connectivity index (χ4n) is 2.53. The normalized spacial score (nSPS) is 17.3. The molecule has 28 heavy (non-hydrogen) atoms. The molecule has 2 heterocycles. The lowest BCUT2D eigenvalue weighted by molar-refractivity contribution is -0.192. The largest absolute Gasteiger partial charge is 0.490 e. The van der Waals surface area contributed by atoms with Crippen LogP contribution in [0.4, 0.5) is 13.2 Å². The molecule has 1 fully saturated rings. The predicted molar refractivity (Wildman–Crippen MR) is 95.9 cm³/mol. The lowest BCUT2D eigenvalue weighted by Gasteiger charge is -2.37. The zero-order valence-corrected chi connectivity index (χ0v) is 16.2. The first-order valence-corrected chi connectivity index (χ1v) is 8.82. The van der Waals surface area contributed by atoms with Crippen LogP contribution in [-0.4, -0.2) is 69.9 Å². The molecule has 1 atom stereocenters. The number of rotatable bonds is 4. The molecule has 0 bridgehead atoms. The Kier molecular flexibility index (Phi) is 8.65. The minimum absolute atomic E-state index is 0.0564. The zero-order chi connectivity index (χ0) is 21.5. The van der Waals surface area contributed by atoms with Gasteiger partial charge in [-0.2, -0.15) is 13.2 Å². The molecule has 1 unspecified atom stereocenters. The molecule has 1 aromatic rings. The number of amides is 1. The number of piperidine rings is 1. The van der Waals surface area contributed by atoms with Crippen LogP contribution in [0.5, 0.6) is 0 Å². The lowest BCUT2D eigenvalue weighted by Crippen LogP contribution is -2.52. The minimum atomic E-state index is -5.08. The van der Waals surface area contributed by atoms with Crippen LogP contribution >= 0.6 is 11.6 Å². The molecular formula is C17H23ClF3N3O4. The third-order valence-corrected chi connectivity index (χ3v) is 4.66. The Morgan fingerprint density at radius 3 is 2.36 bits per heavy atom. The Morgan fingerprint density at radius 1 is 1.39 bits per heavy atom. The predicted octanol–water partition coefficient (Wildman–Crippen LogP) is 1.87. The monoisotopic (exact) mass is 425 g/mol. The molecule has 11 heteroatoms. The molecule has 158 valence electrons. The SMILES string of the molecule is CNC(Cc1ccncc1Cl)C(=O)N1CCC(C)(O)CC1.O=C(O)C(F)(F)F. The van der Waals surface area contributed by atoms with E-state index >= 15 is 0 Å².